The smallest absolute Gasteiger partial charge is 0.344 e. The molecule has 0 radical (unpaired) electrons. The summed E-state index contributed by atoms with van der Waals surface area (Å²) in [6.07, 6.45) is -1.29. The number of rotatable bonds is 4. The summed E-state index contributed by atoms with van der Waals surface area (Å²) in [4.78, 5) is 21.2. The van der Waals surface area contributed by atoms with Crippen LogP contribution in [-0.2, 0) is 4.79 Å². The lowest BCUT2D eigenvalue weighted by Gasteiger charge is -2.13. The molecule has 0 heterocycles. The van der Waals surface area contributed by atoms with E-state index in [1.807, 2.05) is 0 Å². The summed E-state index contributed by atoms with van der Waals surface area (Å²) in [5, 5.41) is 35.9. The number of aliphatic carboxylic acids is 1. The van der Waals surface area contributed by atoms with Gasteiger partial charge in [0, 0.05) is 0 Å². The van der Waals surface area contributed by atoms with Gasteiger partial charge < -0.3 is 25.2 Å². The minimum absolute atomic E-state index is 0.326. The number of ether oxygens (including phenoxy) is 1. The van der Waals surface area contributed by atoms with E-state index in [9.17, 15) is 19.8 Å². The molecule has 0 aliphatic rings. The molecule has 0 saturated heterocycles. The first-order valence-electron chi connectivity index (χ1n) is 4.51. The van der Waals surface area contributed by atoms with E-state index in [1.165, 1.54) is 6.92 Å². The monoisotopic (exact) mass is 242 g/mol. The number of aromatic carboxylic acids is 1. The van der Waals surface area contributed by atoms with Gasteiger partial charge in [-0.25, -0.2) is 9.59 Å². The molecule has 1 atom stereocenters. The van der Waals surface area contributed by atoms with Crippen molar-refractivity contribution in [2.24, 2.45) is 0 Å². The average Bonchev–Trinajstić information content (AvgIpc) is 2.23. The average molecular weight is 242 g/mol. The zero-order valence-corrected chi connectivity index (χ0v) is 8.75. The summed E-state index contributed by atoms with van der Waals surface area (Å²) >= 11 is 0. The van der Waals surface area contributed by atoms with Gasteiger partial charge in [0.1, 0.15) is 0 Å². The number of carboxylic acids is 2. The van der Waals surface area contributed by atoms with Crippen molar-refractivity contribution in [3.63, 3.8) is 0 Å². The van der Waals surface area contributed by atoms with Crippen molar-refractivity contribution in [3.8, 4) is 17.2 Å². The van der Waals surface area contributed by atoms with E-state index in [2.05, 4.69) is 0 Å². The Bertz CT molecular complexity index is 466. The van der Waals surface area contributed by atoms with E-state index < -0.39 is 35.3 Å². The molecule has 0 bridgehead atoms. The fourth-order valence-electron chi connectivity index (χ4n) is 1.05. The molecule has 0 fully saturated rings. The molecule has 7 heteroatoms. The second kappa shape index (κ2) is 4.60. The summed E-state index contributed by atoms with van der Waals surface area (Å²) in [5.41, 5.74) is -0.326. The molecule has 7 nitrogen and oxygen atoms in total. The largest absolute Gasteiger partial charge is 0.504 e. The fraction of sp³-hybridized carbons (Fsp3) is 0.200. The van der Waals surface area contributed by atoms with Crippen LogP contribution in [0.15, 0.2) is 12.1 Å². The minimum Gasteiger partial charge on any atom is -0.504 e. The van der Waals surface area contributed by atoms with Gasteiger partial charge in [-0.15, -0.1) is 0 Å². The van der Waals surface area contributed by atoms with Crippen molar-refractivity contribution in [1.82, 2.24) is 0 Å². The lowest BCUT2D eigenvalue weighted by Crippen LogP contribution is -2.23. The molecule has 92 valence electrons. The van der Waals surface area contributed by atoms with Crippen molar-refractivity contribution >= 4 is 11.9 Å². The number of aromatic hydroxyl groups is 2. The number of benzene rings is 1. The number of hydrogen-bond acceptors (Lipinski definition) is 5. The van der Waals surface area contributed by atoms with Crippen LogP contribution in [0.5, 0.6) is 17.2 Å². The number of phenols is 2. The third-order valence-corrected chi connectivity index (χ3v) is 1.95. The number of carboxylic acid groups (broad SMARTS) is 2. The van der Waals surface area contributed by atoms with Crippen LogP contribution in [0.25, 0.3) is 0 Å². The van der Waals surface area contributed by atoms with Gasteiger partial charge in [0.15, 0.2) is 17.6 Å². The third-order valence-electron chi connectivity index (χ3n) is 1.95. The van der Waals surface area contributed by atoms with Crippen LogP contribution in [0.2, 0.25) is 0 Å². The first-order valence-corrected chi connectivity index (χ1v) is 4.51. The minimum atomic E-state index is -1.34. The molecular weight excluding hydrogens is 232 g/mol. The molecule has 1 rings (SSSR count). The molecule has 1 aromatic rings. The van der Waals surface area contributed by atoms with Crippen LogP contribution in [0, 0.1) is 0 Å². The molecule has 0 saturated carbocycles. The Hall–Kier alpha value is -2.44. The van der Waals surface area contributed by atoms with Crippen molar-refractivity contribution in [2.75, 3.05) is 0 Å². The second-order valence-corrected chi connectivity index (χ2v) is 3.25. The zero-order valence-electron chi connectivity index (χ0n) is 8.75. The SMILES string of the molecule is CC(Oc1cc(C(=O)O)cc(O)c1O)C(=O)O. The number of hydrogen-bond donors (Lipinski definition) is 4. The van der Waals surface area contributed by atoms with Gasteiger partial charge in [0.2, 0.25) is 5.75 Å². The van der Waals surface area contributed by atoms with E-state index >= 15 is 0 Å². The van der Waals surface area contributed by atoms with E-state index in [0.717, 1.165) is 12.1 Å². The van der Waals surface area contributed by atoms with Crippen molar-refractivity contribution in [1.29, 1.82) is 0 Å². The summed E-state index contributed by atoms with van der Waals surface area (Å²) in [6, 6.07) is 1.76. The highest BCUT2D eigenvalue weighted by atomic mass is 16.5. The highest BCUT2D eigenvalue weighted by Crippen LogP contribution is 2.37. The Balaban J connectivity index is 3.14. The Labute approximate surface area is 95.5 Å². The van der Waals surface area contributed by atoms with Crippen LogP contribution < -0.4 is 4.74 Å². The number of phenolic OH excluding ortho intramolecular Hbond substituents is 2. The highest BCUT2D eigenvalue weighted by molar-refractivity contribution is 5.89. The summed E-state index contributed by atoms with van der Waals surface area (Å²) < 4.78 is 4.81. The third kappa shape index (κ3) is 2.77. The molecule has 0 amide bonds. The van der Waals surface area contributed by atoms with Gasteiger partial charge >= 0.3 is 11.9 Å². The van der Waals surface area contributed by atoms with Crippen LogP contribution in [0.1, 0.15) is 17.3 Å². The standard InChI is InChI=1S/C10H10O7/c1-4(9(13)14)17-7-3-5(10(15)16)2-6(11)8(7)12/h2-4,11-12H,1H3,(H,13,14)(H,15,16). The quantitative estimate of drug-likeness (QED) is 0.571. The molecule has 1 unspecified atom stereocenters. The summed E-state index contributed by atoms with van der Waals surface area (Å²) in [5.74, 6) is -4.43. The summed E-state index contributed by atoms with van der Waals surface area (Å²) in [6.45, 7) is 1.20. The predicted molar refractivity (Wildman–Crippen MR) is 54.5 cm³/mol. The maximum absolute atomic E-state index is 10.7. The Morgan fingerprint density at radius 3 is 2.29 bits per heavy atom. The van der Waals surface area contributed by atoms with Crippen molar-refractivity contribution in [3.05, 3.63) is 17.7 Å². The highest BCUT2D eigenvalue weighted by Gasteiger charge is 2.19. The predicted octanol–water partition coefficient (Wildman–Crippen LogP) is 0.648. The number of carbonyl (C=O) groups is 2. The molecule has 0 aliphatic carbocycles. The van der Waals surface area contributed by atoms with Gasteiger partial charge in [-0.1, -0.05) is 0 Å². The van der Waals surface area contributed by atoms with E-state index in [0.29, 0.717) is 0 Å². The Morgan fingerprint density at radius 1 is 1.24 bits per heavy atom. The molecule has 0 aromatic heterocycles. The lowest BCUT2D eigenvalue weighted by atomic mass is 10.2. The van der Waals surface area contributed by atoms with Gasteiger partial charge in [0.05, 0.1) is 5.56 Å². The van der Waals surface area contributed by atoms with Gasteiger partial charge in [0.25, 0.3) is 0 Å². The fourth-order valence-corrected chi connectivity index (χ4v) is 1.05. The molecular formula is C10H10O7. The van der Waals surface area contributed by atoms with Gasteiger partial charge in [-0.05, 0) is 19.1 Å². The van der Waals surface area contributed by atoms with Crippen molar-refractivity contribution < 1.29 is 34.8 Å². The topological polar surface area (TPSA) is 124 Å². The van der Waals surface area contributed by atoms with E-state index in [4.69, 9.17) is 14.9 Å². The molecule has 1 aromatic carbocycles. The maximum Gasteiger partial charge on any atom is 0.344 e. The summed E-state index contributed by atoms with van der Waals surface area (Å²) in [7, 11) is 0. The Kier molecular flexibility index (Phi) is 3.42. The first kappa shape index (κ1) is 12.6. The van der Waals surface area contributed by atoms with Crippen LogP contribution in [-0.4, -0.2) is 38.5 Å². The van der Waals surface area contributed by atoms with Crippen LogP contribution >= 0.6 is 0 Å². The van der Waals surface area contributed by atoms with E-state index in [-0.39, 0.29) is 5.56 Å². The van der Waals surface area contributed by atoms with E-state index in [1.54, 1.807) is 0 Å². The Morgan fingerprint density at radius 2 is 1.82 bits per heavy atom. The molecule has 17 heavy (non-hydrogen) atoms. The molecule has 0 aliphatic heterocycles. The van der Waals surface area contributed by atoms with Gasteiger partial charge in [-0.3, -0.25) is 0 Å². The zero-order chi connectivity index (χ0) is 13.2. The normalized spacial score (nSPS) is 11.8. The van der Waals surface area contributed by atoms with Crippen LogP contribution in [0.3, 0.4) is 0 Å². The first-order chi connectivity index (χ1) is 7.82. The molecule has 0 spiro atoms. The van der Waals surface area contributed by atoms with Crippen LogP contribution in [0.4, 0.5) is 0 Å². The maximum atomic E-state index is 10.7. The second-order valence-electron chi connectivity index (χ2n) is 3.25. The molecule has 4 N–H and O–H groups in total. The van der Waals surface area contributed by atoms with Crippen molar-refractivity contribution in [2.45, 2.75) is 13.0 Å². The lowest BCUT2D eigenvalue weighted by molar-refractivity contribution is -0.144. The van der Waals surface area contributed by atoms with Gasteiger partial charge in [-0.2, -0.15) is 0 Å².